The number of hydrogen-bond acceptors (Lipinski definition) is 3. The lowest BCUT2D eigenvalue weighted by molar-refractivity contribution is -0.0420. The van der Waals surface area contributed by atoms with Gasteiger partial charge >= 0.3 is 5.51 Å². The van der Waals surface area contributed by atoms with Crippen molar-refractivity contribution in [1.29, 1.82) is 4.78 Å². The molecule has 10 heteroatoms. The molecule has 0 aromatic heterocycles. The highest BCUT2D eigenvalue weighted by Gasteiger charge is 2.44. The molecule has 3 atom stereocenters. The summed E-state index contributed by atoms with van der Waals surface area (Å²) in [4.78, 5) is 0. The Morgan fingerprint density at radius 1 is 1.31 bits per heavy atom. The number of nitrogens with one attached hydrogen (secondary N) is 3. The second kappa shape index (κ2) is 8.99. The molecule has 2 aromatic carbocycles. The fraction of sp³-hybridized carbons (Fsp3) is 0.368. The first kappa shape index (κ1) is 19.3. The van der Waals surface area contributed by atoms with Crippen LogP contribution in [0, 0.1) is 17.4 Å². The van der Waals surface area contributed by atoms with Crippen LogP contribution in [0.25, 0.3) is 11.1 Å². The molecule has 1 heterocycles. The summed E-state index contributed by atoms with van der Waals surface area (Å²) in [5.41, 5.74) is -4.39. The Kier molecular flexibility index (Phi) is 5.98. The lowest BCUT2D eigenvalue weighted by Gasteiger charge is -2.23. The zero-order valence-corrected chi connectivity index (χ0v) is 16.7. The molecule has 1 fully saturated rings. The first-order valence-electron chi connectivity index (χ1n) is 10.0. The minimum Gasteiger partial charge on any atom is -0.312 e. The SMILES string of the molecule is Cl.[2H]C([2H])([2H])c1cccc(-c2cccc(C[C@@H]3NCC[C@@H]3NS(=N)(=O)C(F)(F)F)c2F)c1. The van der Waals surface area contributed by atoms with E-state index in [0.717, 1.165) is 0 Å². The third-order valence-electron chi connectivity index (χ3n) is 4.68. The summed E-state index contributed by atoms with van der Waals surface area (Å²) in [5, 5.41) is 2.96. The number of hydrogen-bond donors (Lipinski definition) is 3. The molecule has 3 rings (SSSR count). The lowest BCUT2D eigenvalue weighted by atomic mass is 9.96. The molecule has 1 aliphatic rings. The zero-order valence-electron chi connectivity index (χ0n) is 18.1. The Hall–Kier alpha value is -1.68. The van der Waals surface area contributed by atoms with Gasteiger partial charge in [-0.15, -0.1) is 12.4 Å². The third kappa shape index (κ3) is 5.28. The number of halogens is 5. The standard InChI is InChI=1S/C19H21F4N3OS.ClH/c1-12-4-2-5-13(10-12)15-7-3-6-14(18(15)20)11-17-16(8-9-25-17)26-28(24,27)19(21,22)23;/h2-7,10,16-17,25H,8-9,11H2,1H3,(H2,24,26,27);1H/t16-,17-,28?;/m0./s1/i1D3;. The first-order valence-corrected chi connectivity index (χ1v) is 10.1. The van der Waals surface area contributed by atoms with E-state index in [-0.39, 0.29) is 41.9 Å². The van der Waals surface area contributed by atoms with Crippen molar-refractivity contribution < 1.29 is 25.9 Å². The number of aryl methyl sites for hydroxylation is 1. The van der Waals surface area contributed by atoms with Crippen molar-refractivity contribution in [2.45, 2.75) is 37.3 Å². The van der Waals surface area contributed by atoms with Gasteiger partial charge in [0.15, 0.2) is 0 Å². The van der Waals surface area contributed by atoms with Gasteiger partial charge in [0.05, 0.1) is 0 Å². The van der Waals surface area contributed by atoms with Crippen LogP contribution in [0.2, 0.25) is 0 Å². The van der Waals surface area contributed by atoms with Gasteiger partial charge in [-0.05, 0) is 37.4 Å². The highest BCUT2D eigenvalue weighted by molar-refractivity contribution is 7.91. The Labute approximate surface area is 177 Å². The molecular weight excluding hydrogens is 430 g/mol. The monoisotopic (exact) mass is 454 g/mol. The maximum Gasteiger partial charge on any atom is 0.492 e. The van der Waals surface area contributed by atoms with Gasteiger partial charge in [0.1, 0.15) is 5.82 Å². The molecular formula is C19H22ClF4N3OS. The van der Waals surface area contributed by atoms with Crippen molar-refractivity contribution in [2.24, 2.45) is 0 Å². The van der Waals surface area contributed by atoms with Crippen LogP contribution in [0.3, 0.4) is 0 Å². The highest BCUT2D eigenvalue weighted by Crippen LogP contribution is 2.28. The van der Waals surface area contributed by atoms with Gasteiger partial charge < -0.3 is 5.32 Å². The summed E-state index contributed by atoms with van der Waals surface area (Å²) in [6.07, 6.45) is 0.211. The fourth-order valence-electron chi connectivity index (χ4n) is 3.29. The maximum absolute atomic E-state index is 15.2. The first-order chi connectivity index (χ1) is 14.3. The van der Waals surface area contributed by atoms with Crippen LogP contribution >= 0.6 is 12.4 Å². The zero-order chi connectivity index (χ0) is 23.0. The van der Waals surface area contributed by atoms with Gasteiger partial charge in [-0.3, -0.25) is 0 Å². The molecule has 0 radical (unpaired) electrons. The average molecular weight is 455 g/mol. The number of rotatable bonds is 5. The molecule has 1 unspecified atom stereocenters. The Balaban J connectivity index is 0.00000363. The predicted octanol–water partition coefficient (Wildman–Crippen LogP) is 4.57. The van der Waals surface area contributed by atoms with Crippen molar-refractivity contribution in [1.82, 2.24) is 10.0 Å². The average Bonchev–Trinajstić information content (AvgIpc) is 3.08. The van der Waals surface area contributed by atoms with E-state index in [1.807, 2.05) is 4.72 Å². The number of alkyl halides is 3. The summed E-state index contributed by atoms with van der Waals surface area (Å²) in [7, 11) is -5.02. The van der Waals surface area contributed by atoms with Crippen LogP contribution in [-0.4, -0.2) is 28.3 Å². The van der Waals surface area contributed by atoms with E-state index in [4.69, 9.17) is 8.89 Å². The van der Waals surface area contributed by atoms with Crippen LogP contribution in [0.4, 0.5) is 17.6 Å². The summed E-state index contributed by atoms with van der Waals surface area (Å²) in [6.45, 7) is -2.02. The van der Waals surface area contributed by atoms with E-state index in [2.05, 4.69) is 5.32 Å². The molecule has 0 amide bonds. The Morgan fingerprint density at radius 3 is 2.72 bits per heavy atom. The van der Waals surface area contributed by atoms with Gasteiger partial charge in [-0.25, -0.2) is 18.1 Å². The minimum absolute atomic E-state index is 0. The minimum atomic E-state index is -5.21. The van der Waals surface area contributed by atoms with Crippen molar-refractivity contribution in [3.05, 3.63) is 59.4 Å². The molecule has 1 saturated heterocycles. The molecule has 29 heavy (non-hydrogen) atoms. The van der Waals surface area contributed by atoms with Gasteiger partial charge in [-0.1, -0.05) is 48.0 Å². The van der Waals surface area contributed by atoms with E-state index >= 15 is 4.39 Å². The topological polar surface area (TPSA) is 65.0 Å². The van der Waals surface area contributed by atoms with Crippen molar-refractivity contribution in [3.63, 3.8) is 0 Å². The molecule has 0 spiro atoms. The maximum atomic E-state index is 15.2. The van der Waals surface area contributed by atoms with Crippen LogP contribution < -0.4 is 10.0 Å². The van der Waals surface area contributed by atoms with Gasteiger partial charge in [0.2, 0.25) is 9.92 Å². The summed E-state index contributed by atoms with van der Waals surface area (Å²) < 4.78 is 96.9. The quantitative estimate of drug-likeness (QED) is 0.579. The van der Waals surface area contributed by atoms with Gasteiger partial charge in [0.25, 0.3) is 0 Å². The molecule has 0 saturated carbocycles. The van der Waals surface area contributed by atoms with Crippen molar-refractivity contribution in [3.8, 4) is 11.1 Å². The second-order valence-electron chi connectivity index (χ2n) is 6.64. The Bertz CT molecular complexity index is 1060. The molecule has 2 aromatic rings. The second-order valence-corrected chi connectivity index (χ2v) is 8.45. The van der Waals surface area contributed by atoms with E-state index in [9.17, 15) is 17.4 Å². The lowest BCUT2D eigenvalue weighted by Crippen LogP contribution is -2.48. The van der Waals surface area contributed by atoms with E-state index in [1.54, 1.807) is 12.1 Å². The summed E-state index contributed by atoms with van der Waals surface area (Å²) >= 11 is 0. The van der Waals surface area contributed by atoms with E-state index in [1.165, 1.54) is 30.3 Å². The molecule has 3 N–H and O–H groups in total. The number of benzene rings is 2. The highest BCUT2D eigenvalue weighted by atomic mass is 35.5. The predicted molar refractivity (Wildman–Crippen MR) is 108 cm³/mol. The normalized spacial score (nSPS) is 23.4. The third-order valence-corrected chi connectivity index (χ3v) is 5.97. The van der Waals surface area contributed by atoms with E-state index < -0.39 is 40.2 Å². The fourth-order valence-corrected chi connectivity index (χ4v) is 4.13. The summed E-state index contributed by atoms with van der Waals surface area (Å²) in [6, 6.07) is 8.89. The largest absolute Gasteiger partial charge is 0.492 e. The molecule has 0 bridgehead atoms. The van der Waals surface area contributed by atoms with E-state index in [0.29, 0.717) is 12.1 Å². The molecule has 0 aliphatic carbocycles. The Morgan fingerprint density at radius 2 is 2.03 bits per heavy atom. The molecule has 4 nitrogen and oxygen atoms in total. The smallest absolute Gasteiger partial charge is 0.312 e. The van der Waals surface area contributed by atoms with Crippen LogP contribution in [0.15, 0.2) is 42.5 Å². The van der Waals surface area contributed by atoms with Crippen LogP contribution in [0.5, 0.6) is 0 Å². The van der Waals surface area contributed by atoms with Crippen LogP contribution in [-0.2, 0) is 16.3 Å². The molecule has 1 aliphatic heterocycles. The molecule has 160 valence electrons. The van der Waals surface area contributed by atoms with Crippen molar-refractivity contribution >= 4 is 22.3 Å². The van der Waals surface area contributed by atoms with Crippen LogP contribution in [0.1, 0.15) is 21.7 Å². The summed E-state index contributed by atoms with van der Waals surface area (Å²) in [5.74, 6) is -0.611. The van der Waals surface area contributed by atoms with Crippen molar-refractivity contribution in [2.75, 3.05) is 6.54 Å². The van der Waals surface area contributed by atoms with Gasteiger partial charge in [-0.2, -0.15) is 13.2 Å². The van der Waals surface area contributed by atoms with Gasteiger partial charge in [0, 0.05) is 21.8 Å².